The van der Waals surface area contributed by atoms with Crippen LogP contribution in [0.1, 0.15) is 33.6 Å². The Kier molecular flexibility index (Phi) is 3.51. The van der Waals surface area contributed by atoms with E-state index in [9.17, 15) is 25.2 Å². The summed E-state index contributed by atoms with van der Waals surface area (Å²) < 4.78 is 0. The number of allylic oxidation sites excluding steroid dienone is 1. The minimum Gasteiger partial charge on any atom is -0.393 e. The van der Waals surface area contributed by atoms with Gasteiger partial charge in [0.05, 0.1) is 17.3 Å². The highest BCUT2D eigenvalue weighted by molar-refractivity contribution is 5.87. The van der Waals surface area contributed by atoms with Crippen LogP contribution in [0.3, 0.4) is 0 Å². The Bertz CT molecular complexity index is 325. The summed E-state index contributed by atoms with van der Waals surface area (Å²) in [6.07, 6.45) is 1.19. The Morgan fingerprint density at radius 2 is 1.59 bits per heavy atom. The van der Waals surface area contributed by atoms with E-state index in [0.29, 0.717) is 0 Å². The number of rotatable bonds is 2. The topological polar surface area (TPSA) is 98.0 Å². The van der Waals surface area contributed by atoms with Gasteiger partial charge < -0.3 is 20.4 Å². The van der Waals surface area contributed by atoms with Crippen LogP contribution in [0.5, 0.6) is 0 Å². The van der Waals surface area contributed by atoms with Crippen molar-refractivity contribution in [1.82, 2.24) is 0 Å². The molecular weight excluding hydrogens is 224 g/mol. The molecule has 0 bridgehead atoms. The van der Waals surface area contributed by atoms with E-state index in [1.165, 1.54) is 20.8 Å². The van der Waals surface area contributed by atoms with E-state index in [1.54, 1.807) is 0 Å². The zero-order valence-corrected chi connectivity index (χ0v) is 10.3. The van der Waals surface area contributed by atoms with E-state index < -0.39 is 22.9 Å². The van der Waals surface area contributed by atoms with E-state index in [1.807, 2.05) is 0 Å². The quantitative estimate of drug-likeness (QED) is 0.492. The monoisotopic (exact) mass is 244 g/mol. The van der Waals surface area contributed by atoms with Gasteiger partial charge in [-0.25, -0.2) is 0 Å². The summed E-state index contributed by atoms with van der Waals surface area (Å²) in [6, 6.07) is 0. The zero-order chi connectivity index (χ0) is 13.5. The first-order chi connectivity index (χ1) is 7.52. The number of ketones is 1. The Balaban J connectivity index is 3.19. The van der Waals surface area contributed by atoms with E-state index in [0.717, 1.165) is 12.2 Å². The largest absolute Gasteiger partial charge is 0.393 e. The van der Waals surface area contributed by atoms with E-state index >= 15 is 0 Å². The lowest BCUT2D eigenvalue weighted by atomic mass is 9.63. The van der Waals surface area contributed by atoms with E-state index in [-0.39, 0.29) is 18.6 Å². The second-order valence-electron chi connectivity index (χ2n) is 5.32. The number of aliphatic hydroxyl groups is 4. The maximum absolute atomic E-state index is 10.9. The number of carbonyl (C=O) groups is 1. The van der Waals surface area contributed by atoms with Crippen LogP contribution in [0.15, 0.2) is 12.2 Å². The van der Waals surface area contributed by atoms with Gasteiger partial charge in [0.1, 0.15) is 5.60 Å². The van der Waals surface area contributed by atoms with Crippen LogP contribution in [-0.4, -0.2) is 49.1 Å². The van der Waals surface area contributed by atoms with Crippen molar-refractivity contribution >= 4 is 5.78 Å². The predicted octanol–water partition coefficient (Wildman–Crippen LogP) is -0.481. The summed E-state index contributed by atoms with van der Waals surface area (Å²) in [5.41, 5.74) is -5.38. The molecule has 1 saturated carbocycles. The standard InChI is InChI=1S/C12H20O5/c1-8(13)4-5-12(17)10(2,15)6-9(14)7-11(12,3)16/h4-5,9,14-17H,6-7H2,1-3H3. The van der Waals surface area contributed by atoms with Gasteiger partial charge in [-0.15, -0.1) is 0 Å². The third kappa shape index (κ3) is 2.42. The molecule has 1 rings (SSSR count). The molecule has 0 amide bonds. The molecule has 98 valence electrons. The highest BCUT2D eigenvalue weighted by atomic mass is 16.4. The summed E-state index contributed by atoms with van der Waals surface area (Å²) in [7, 11) is 0. The number of aliphatic hydroxyl groups excluding tert-OH is 1. The van der Waals surface area contributed by atoms with Crippen molar-refractivity contribution in [1.29, 1.82) is 0 Å². The molecule has 1 fully saturated rings. The third-order valence-corrected chi connectivity index (χ3v) is 3.47. The molecule has 0 saturated heterocycles. The van der Waals surface area contributed by atoms with Gasteiger partial charge in [-0.1, -0.05) is 0 Å². The van der Waals surface area contributed by atoms with Gasteiger partial charge in [-0.3, -0.25) is 4.79 Å². The molecule has 4 N–H and O–H groups in total. The molecule has 5 heteroatoms. The first-order valence-corrected chi connectivity index (χ1v) is 5.57. The molecule has 17 heavy (non-hydrogen) atoms. The highest BCUT2D eigenvalue weighted by Gasteiger charge is 2.60. The molecule has 0 radical (unpaired) electrons. The third-order valence-electron chi connectivity index (χ3n) is 3.47. The predicted molar refractivity (Wildman–Crippen MR) is 61.3 cm³/mol. The first kappa shape index (κ1) is 14.3. The lowest BCUT2D eigenvalue weighted by molar-refractivity contribution is -0.250. The fourth-order valence-corrected chi connectivity index (χ4v) is 2.48. The van der Waals surface area contributed by atoms with Gasteiger partial charge in [0.15, 0.2) is 5.78 Å². The van der Waals surface area contributed by atoms with Crippen molar-refractivity contribution < 1.29 is 25.2 Å². The molecule has 0 aromatic heterocycles. The van der Waals surface area contributed by atoms with Gasteiger partial charge in [0, 0.05) is 12.8 Å². The second-order valence-corrected chi connectivity index (χ2v) is 5.32. The Morgan fingerprint density at radius 1 is 1.18 bits per heavy atom. The molecular formula is C12H20O5. The van der Waals surface area contributed by atoms with Crippen molar-refractivity contribution in [3.63, 3.8) is 0 Å². The molecule has 1 aliphatic carbocycles. The van der Waals surface area contributed by atoms with Crippen LogP contribution < -0.4 is 0 Å². The number of hydrogen-bond acceptors (Lipinski definition) is 5. The molecule has 0 heterocycles. The van der Waals surface area contributed by atoms with Crippen LogP contribution in [0.25, 0.3) is 0 Å². The average molecular weight is 244 g/mol. The summed E-state index contributed by atoms with van der Waals surface area (Å²) >= 11 is 0. The molecule has 0 aromatic carbocycles. The van der Waals surface area contributed by atoms with Crippen LogP contribution in [-0.2, 0) is 4.79 Å². The molecule has 2 atom stereocenters. The maximum Gasteiger partial charge on any atom is 0.152 e. The summed E-state index contributed by atoms with van der Waals surface area (Å²) in [6.45, 7) is 3.96. The fourth-order valence-electron chi connectivity index (χ4n) is 2.48. The second kappa shape index (κ2) is 4.17. The van der Waals surface area contributed by atoms with Crippen molar-refractivity contribution in [3.05, 3.63) is 12.2 Å². The van der Waals surface area contributed by atoms with Gasteiger partial charge in [0.25, 0.3) is 0 Å². The van der Waals surface area contributed by atoms with Crippen molar-refractivity contribution in [2.24, 2.45) is 0 Å². The summed E-state index contributed by atoms with van der Waals surface area (Å²) in [5.74, 6) is -0.295. The van der Waals surface area contributed by atoms with Crippen LogP contribution >= 0.6 is 0 Å². The van der Waals surface area contributed by atoms with Crippen molar-refractivity contribution in [2.75, 3.05) is 0 Å². The minimum absolute atomic E-state index is 0.0676. The normalized spacial score (nSPS) is 47.4. The molecule has 5 nitrogen and oxygen atoms in total. The van der Waals surface area contributed by atoms with Gasteiger partial charge in [-0.05, 0) is 32.9 Å². The van der Waals surface area contributed by atoms with Crippen molar-refractivity contribution in [2.45, 2.75) is 56.5 Å². The molecule has 0 aromatic rings. The Hall–Kier alpha value is -0.750. The zero-order valence-electron chi connectivity index (χ0n) is 10.3. The molecule has 0 spiro atoms. The van der Waals surface area contributed by atoms with Gasteiger partial charge >= 0.3 is 0 Å². The van der Waals surface area contributed by atoms with Gasteiger partial charge in [-0.2, -0.15) is 0 Å². The maximum atomic E-state index is 10.9. The SMILES string of the molecule is CC(=O)C=CC1(O)C(C)(O)CC(O)CC1(C)O. The van der Waals surface area contributed by atoms with Crippen LogP contribution in [0, 0.1) is 0 Å². The van der Waals surface area contributed by atoms with Crippen molar-refractivity contribution in [3.8, 4) is 0 Å². The lowest BCUT2D eigenvalue weighted by Gasteiger charge is -2.53. The molecule has 1 aliphatic rings. The van der Waals surface area contributed by atoms with Gasteiger partial charge in [0.2, 0.25) is 0 Å². The smallest absolute Gasteiger partial charge is 0.152 e. The van der Waals surface area contributed by atoms with Crippen LogP contribution in [0.2, 0.25) is 0 Å². The molecule has 0 aliphatic heterocycles. The summed E-state index contributed by atoms with van der Waals surface area (Å²) in [5, 5.41) is 40.4. The molecule has 2 unspecified atom stereocenters. The average Bonchev–Trinajstić information content (AvgIpc) is 2.09. The summed E-state index contributed by atoms with van der Waals surface area (Å²) in [4.78, 5) is 10.9. The first-order valence-electron chi connectivity index (χ1n) is 5.57. The fraction of sp³-hybridized carbons (Fsp3) is 0.750. The Labute approximate surface area is 100 Å². The minimum atomic E-state index is -1.97. The number of hydrogen-bond donors (Lipinski definition) is 4. The number of carbonyl (C=O) groups excluding carboxylic acids is 1. The highest BCUT2D eigenvalue weighted by Crippen LogP contribution is 2.44. The van der Waals surface area contributed by atoms with E-state index in [2.05, 4.69) is 0 Å². The Morgan fingerprint density at radius 3 is 1.94 bits per heavy atom. The van der Waals surface area contributed by atoms with Crippen LogP contribution in [0.4, 0.5) is 0 Å². The van der Waals surface area contributed by atoms with E-state index in [4.69, 9.17) is 0 Å². The lowest BCUT2D eigenvalue weighted by Crippen LogP contribution is -2.69.